The first-order valence-corrected chi connectivity index (χ1v) is 9.66. The van der Waals surface area contributed by atoms with Crippen molar-refractivity contribution in [2.75, 3.05) is 19.7 Å². The highest BCUT2D eigenvalue weighted by Gasteiger charge is 2.21. The van der Waals surface area contributed by atoms with Crippen LogP contribution in [0.1, 0.15) is 22.3 Å². The number of amides is 1. The molecule has 0 unspecified atom stereocenters. The highest BCUT2D eigenvalue weighted by Crippen LogP contribution is 2.29. The molecule has 4 nitrogen and oxygen atoms in total. The van der Waals surface area contributed by atoms with Gasteiger partial charge in [-0.3, -0.25) is 4.79 Å². The average Bonchev–Trinajstić information content (AvgIpc) is 2.72. The number of rotatable bonds is 6. The number of carbonyl (C=O) groups excluding carboxylic acids is 2. The molecule has 1 aliphatic rings. The van der Waals surface area contributed by atoms with Crippen molar-refractivity contribution < 1.29 is 23.1 Å². The summed E-state index contributed by atoms with van der Waals surface area (Å²) in [6, 6.07) is 15.9. The van der Waals surface area contributed by atoms with Crippen LogP contribution < -0.4 is 0 Å². The molecule has 0 saturated heterocycles. The van der Waals surface area contributed by atoms with Crippen molar-refractivity contribution in [3.05, 3.63) is 71.8 Å². The van der Waals surface area contributed by atoms with Crippen molar-refractivity contribution in [3.8, 4) is 0 Å². The zero-order valence-corrected chi connectivity index (χ0v) is 15.8. The molecule has 0 atom stereocenters. The van der Waals surface area contributed by atoms with Crippen LogP contribution in [0.5, 0.6) is 0 Å². The SMILES string of the molecule is O=C(OCC(=O)N1CC=C(c2ccccc2)CC1)c1ccccc1SC(F)F. The molecule has 3 rings (SSSR count). The molecule has 1 heterocycles. The van der Waals surface area contributed by atoms with Crippen molar-refractivity contribution in [2.45, 2.75) is 17.1 Å². The second kappa shape index (κ2) is 9.50. The molecular weight excluding hydrogens is 384 g/mol. The van der Waals surface area contributed by atoms with Crippen LogP contribution >= 0.6 is 11.8 Å². The topological polar surface area (TPSA) is 46.6 Å². The zero-order valence-electron chi connectivity index (χ0n) is 15.0. The van der Waals surface area contributed by atoms with Gasteiger partial charge in [0.05, 0.1) is 5.56 Å². The first-order valence-electron chi connectivity index (χ1n) is 8.78. The maximum Gasteiger partial charge on any atom is 0.339 e. The summed E-state index contributed by atoms with van der Waals surface area (Å²) in [6.07, 6.45) is 2.71. The van der Waals surface area contributed by atoms with E-state index < -0.39 is 18.3 Å². The number of hydrogen-bond acceptors (Lipinski definition) is 4. The predicted octanol–water partition coefficient (Wildman–Crippen LogP) is 4.47. The minimum absolute atomic E-state index is 0.0329. The van der Waals surface area contributed by atoms with Crippen LogP contribution in [-0.2, 0) is 9.53 Å². The summed E-state index contributed by atoms with van der Waals surface area (Å²) in [5.41, 5.74) is 2.35. The standard InChI is InChI=1S/C21H19F2NO3S/c22-21(23)28-18-9-5-4-8-17(18)20(26)27-14-19(25)24-12-10-16(11-13-24)15-6-2-1-3-7-15/h1-10,21H,11-14H2. The fourth-order valence-corrected chi connectivity index (χ4v) is 3.57. The number of benzene rings is 2. The van der Waals surface area contributed by atoms with Crippen LogP contribution in [0.25, 0.3) is 5.57 Å². The van der Waals surface area contributed by atoms with E-state index in [9.17, 15) is 18.4 Å². The van der Waals surface area contributed by atoms with Crippen molar-refractivity contribution in [1.29, 1.82) is 0 Å². The van der Waals surface area contributed by atoms with Gasteiger partial charge in [0.1, 0.15) is 0 Å². The van der Waals surface area contributed by atoms with E-state index >= 15 is 0 Å². The number of thioether (sulfide) groups is 1. The molecular formula is C21H19F2NO3S. The van der Waals surface area contributed by atoms with Gasteiger partial charge < -0.3 is 9.64 Å². The van der Waals surface area contributed by atoms with Gasteiger partial charge in [0.2, 0.25) is 0 Å². The third-order valence-electron chi connectivity index (χ3n) is 4.36. The fraction of sp³-hybridized carbons (Fsp3) is 0.238. The van der Waals surface area contributed by atoms with E-state index in [1.807, 2.05) is 36.4 Å². The molecule has 1 aliphatic heterocycles. The zero-order chi connectivity index (χ0) is 19.9. The Morgan fingerprint density at radius 2 is 1.79 bits per heavy atom. The molecule has 146 valence electrons. The molecule has 1 amide bonds. The number of halogens is 2. The average molecular weight is 403 g/mol. The van der Waals surface area contributed by atoms with E-state index in [4.69, 9.17) is 4.74 Å². The van der Waals surface area contributed by atoms with Gasteiger partial charge in [-0.1, -0.05) is 60.3 Å². The van der Waals surface area contributed by atoms with Crippen LogP contribution in [0.2, 0.25) is 0 Å². The summed E-state index contributed by atoms with van der Waals surface area (Å²) < 4.78 is 30.3. The summed E-state index contributed by atoms with van der Waals surface area (Å²) in [5, 5.41) is 0. The molecule has 0 spiro atoms. The lowest BCUT2D eigenvalue weighted by Crippen LogP contribution is -2.37. The Bertz CT molecular complexity index is 871. The highest BCUT2D eigenvalue weighted by atomic mass is 32.2. The minimum atomic E-state index is -2.64. The monoisotopic (exact) mass is 403 g/mol. The molecule has 0 bridgehead atoms. The predicted molar refractivity (Wildman–Crippen MR) is 104 cm³/mol. The lowest BCUT2D eigenvalue weighted by atomic mass is 10.00. The second-order valence-electron chi connectivity index (χ2n) is 6.14. The van der Waals surface area contributed by atoms with Gasteiger partial charge >= 0.3 is 5.97 Å². The lowest BCUT2D eigenvalue weighted by Gasteiger charge is -2.26. The van der Waals surface area contributed by atoms with Gasteiger partial charge in [0.25, 0.3) is 11.7 Å². The molecule has 0 fully saturated rings. The van der Waals surface area contributed by atoms with E-state index in [1.165, 1.54) is 17.7 Å². The minimum Gasteiger partial charge on any atom is -0.452 e. The van der Waals surface area contributed by atoms with Crippen molar-refractivity contribution in [3.63, 3.8) is 0 Å². The summed E-state index contributed by atoms with van der Waals surface area (Å²) in [7, 11) is 0. The van der Waals surface area contributed by atoms with Gasteiger partial charge in [-0.15, -0.1) is 0 Å². The van der Waals surface area contributed by atoms with E-state index in [0.717, 1.165) is 12.0 Å². The largest absolute Gasteiger partial charge is 0.452 e. The smallest absolute Gasteiger partial charge is 0.339 e. The Morgan fingerprint density at radius 1 is 1.07 bits per heavy atom. The van der Waals surface area contributed by atoms with Gasteiger partial charge in [0.15, 0.2) is 6.61 Å². The summed E-state index contributed by atoms with van der Waals surface area (Å²) in [6.45, 7) is 0.564. The summed E-state index contributed by atoms with van der Waals surface area (Å²) >= 11 is 0.277. The second-order valence-corrected chi connectivity index (χ2v) is 7.17. The van der Waals surface area contributed by atoms with Gasteiger partial charge in [-0.2, -0.15) is 8.78 Å². The molecule has 2 aromatic rings. The van der Waals surface area contributed by atoms with E-state index in [-0.39, 0.29) is 28.1 Å². The molecule has 2 aromatic carbocycles. The third-order valence-corrected chi connectivity index (χ3v) is 5.14. The Balaban J connectivity index is 1.55. The number of hydrogen-bond donors (Lipinski definition) is 0. The van der Waals surface area contributed by atoms with E-state index in [0.29, 0.717) is 13.1 Å². The number of nitrogens with zero attached hydrogens (tertiary/aromatic N) is 1. The van der Waals surface area contributed by atoms with Crippen LogP contribution in [0.15, 0.2) is 65.6 Å². The molecule has 0 radical (unpaired) electrons. The van der Waals surface area contributed by atoms with Crippen LogP contribution in [-0.4, -0.2) is 42.2 Å². The van der Waals surface area contributed by atoms with Crippen LogP contribution in [0, 0.1) is 0 Å². The third kappa shape index (κ3) is 5.19. The molecule has 28 heavy (non-hydrogen) atoms. The van der Waals surface area contributed by atoms with E-state index in [2.05, 4.69) is 0 Å². The molecule has 0 saturated carbocycles. The van der Waals surface area contributed by atoms with Gasteiger partial charge in [-0.25, -0.2) is 4.79 Å². The summed E-state index contributed by atoms with van der Waals surface area (Å²) in [5.74, 6) is -3.74. The summed E-state index contributed by atoms with van der Waals surface area (Å²) in [4.78, 5) is 26.3. The van der Waals surface area contributed by atoms with Crippen LogP contribution in [0.4, 0.5) is 8.78 Å². The molecule has 7 heteroatoms. The first-order chi connectivity index (χ1) is 13.5. The van der Waals surface area contributed by atoms with Gasteiger partial charge in [-0.05, 0) is 29.7 Å². The Kier molecular flexibility index (Phi) is 6.81. The van der Waals surface area contributed by atoms with Crippen LogP contribution in [0.3, 0.4) is 0 Å². The maximum atomic E-state index is 12.6. The Hall–Kier alpha value is -2.67. The normalized spacial score (nSPS) is 14.0. The van der Waals surface area contributed by atoms with Crippen molar-refractivity contribution >= 4 is 29.2 Å². The molecule has 0 N–H and O–H groups in total. The highest BCUT2D eigenvalue weighted by molar-refractivity contribution is 7.99. The number of ether oxygens (including phenoxy) is 1. The van der Waals surface area contributed by atoms with Gasteiger partial charge in [0, 0.05) is 18.0 Å². The number of carbonyl (C=O) groups is 2. The number of alkyl halides is 2. The Labute approximate surface area is 166 Å². The van der Waals surface area contributed by atoms with Crippen molar-refractivity contribution in [2.24, 2.45) is 0 Å². The molecule has 0 aromatic heterocycles. The van der Waals surface area contributed by atoms with Crippen molar-refractivity contribution in [1.82, 2.24) is 4.90 Å². The number of esters is 1. The quantitative estimate of drug-likeness (QED) is 0.527. The lowest BCUT2D eigenvalue weighted by molar-refractivity contribution is -0.134. The fourth-order valence-electron chi connectivity index (χ4n) is 2.94. The first kappa shape index (κ1) is 20.1. The Morgan fingerprint density at radius 3 is 2.46 bits per heavy atom. The van der Waals surface area contributed by atoms with E-state index in [1.54, 1.807) is 17.0 Å². The maximum absolute atomic E-state index is 12.6. The molecule has 0 aliphatic carbocycles.